The molecular weight excluding hydrogens is 589 g/mol. The number of hydrogen-bond donors (Lipinski definition) is 3. The van der Waals surface area contributed by atoms with Gasteiger partial charge in [-0.15, -0.1) is 0 Å². The minimum atomic E-state index is -1.17. The van der Waals surface area contributed by atoms with Crippen LogP contribution in [0.5, 0.6) is 0 Å². The number of nitrogen functional groups attached to an aromatic ring is 1. The Morgan fingerprint density at radius 1 is 1.00 bits per heavy atom. The molecule has 0 aliphatic heterocycles. The summed E-state index contributed by atoms with van der Waals surface area (Å²) in [7, 11) is 0. The van der Waals surface area contributed by atoms with Crippen molar-refractivity contribution in [3.05, 3.63) is 111 Å². The van der Waals surface area contributed by atoms with Crippen molar-refractivity contribution >= 4 is 40.6 Å². The molecule has 234 valence electrons. The van der Waals surface area contributed by atoms with Crippen molar-refractivity contribution < 1.29 is 18.8 Å². The smallest absolute Gasteiger partial charge is 0.273 e. The molecular formula is C35H38FN5O3S. The van der Waals surface area contributed by atoms with Crippen LogP contribution in [-0.4, -0.2) is 34.7 Å². The number of carbonyl (C=O) groups is 3. The number of benzene rings is 3. The van der Waals surface area contributed by atoms with Gasteiger partial charge in [0.2, 0.25) is 5.91 Å². The van der Waals surface area contributed by atoms with Gasteiger partial charge in [0.1, 0.15) is 16.7 Å². The first-order chi connectivity index (χ1) is 21.7. The summed E-state index contributed by atoms with van der Waals surface area (Å²) in [5, 5.41) is 6.00. The number of aryl methyl sites for hydroxylation is 2. The maximum atomic E-state index is 14.6. The summed E-state index contributed by atoms with van der Waals surface area (Å²) in [6.45, 7) is 4.07. The number of nitrogens with one attached hydrogen (secondary N) is 2. The summed E-state index contributed by atoms with van der Waals surface area (Å²) in [5.41, 5.74) is 10.0. The fraction of sp³-hybridized carbons (Fsp3) is 0.314. The first-order valence-corrected chi connectivity index (χ1v) is 16.0. The normalized spacial score (nSPS) is 14.0. The predicted octanol–water partition coefficient (Wildman–Crippen LogP) is 6.29. The SMILES string of the molecule is Cc1ccc(C)c(N(C(=O)c2snc(C(=O)NC3CCCCC3)c2N)[C@H](C(=O)NCCc2ccccc2)c2ccc(F)cc2)c1. The average Bonchev–Trinajstić information content (AvgIpc) is 3.43. The maximum Gasteiger partial charge on any atom is 0.273 e. The quantitative estimate of drug-likeness (QED) is 0.191. The van der Waals surface area contributed by atoms with Gasteiger partial charge in [0.05, 0.1) is 5.69 Å². The van der Waals surface area contributed by atoms with E-state index in [9.17, 15) is 18.8 Å². The molecule has 0 saturated heterocycles. The number of halogens is 1. The van der Waals surface area contributed by atoms with E-state index in [0.717, 1.165) is 60.3 Å². The lowest BCUT2D eigenvalue weighted by Crippen LogP contribution is -2.45. The Hall–Kier alpha value is -4.57. The number of carbonyl (C=O) groups excluding carboxylic acids is 3. The second kappa shape index (κ2) is 14.5. The third kappa shape index (κ3) is 7.57. The fourth-order valence-electron chi connectivity index (χ4n) is 5.70. The molecule has 1 atom stereocenters. The van der Waals surface area contributed by atoms with Gasteiger partial charge in [-0.3, -0.25) is 19.3 Å². The zero-order valence-electron chi connectivity index (χ0n) is 25.5. The van der Waals surface area contributed by atoms with Gasteiger partial charge in [-0.2, -0.15) is 4.37 Å². The van der Waals surface area contributed by atoms with E-state index in [-0.39, 0.29) is 22.3 Å². The third-order valence-corrected chi connectivity index (χ3v) is 9.02. The summed E-state index contributed by atoms with van der Waals surface area (Å²) < 4.78 is 18.4. The Balaban J connectivity index is 1.52. The molecule has 3 amide bonds. The fourth-order valence-corrected chi connectivity index (χ4v) is 6.44. The van der Waals surface area contributed by atoms with Gasteiger partial charge >= 0.3 is 0 Å². The van der Waals surface area contributed by atoms with Crippen LogP contribution in [0.4, 0.5) is 15.8 Å². The predicted molar refractivity (Wildman–Crippen MR) is 176 cm³/mol. The maximum absolute atomic E-state index is 14.6. The van der Waals surface area contributed by atoms with Gasteiger partial charge < -0.3 is 16.4 Å². The molecule has 1 aliphatic carbocycles. The van der Waals surface area contributed by atoms with Crippen molar-refractivity contribution in [2.45, 2.75) is 64.5 Å². The van der Waals surface area contributed by atoms with Gasteiger partial charge in [0.15, 0.2) is 5.69 Å². The van der Waals surface area contributed by atoms with Crippen LogP contribution in [0.1, 0.15) is 80.6 Å². The third-order valence-electron chi connectivity index (χ3n) is 8.17. The average molecular weight is 628 g/mol. The Morgan fingerprint density at radius 3 is 2.42 bits per heavy atom. The van der Waals surface area contributed by atoms with Gasteiger partial charge in [-0.05, 0) is 85.1 Å². The highest BCUT2D eigenvalue weighted by Gasteiger charge is 2.37. The molecule has 1 aromatic heterocycles. The molecule has 45 heavy (non-hydrogen) atoms. The zero-order valence-corrected chi connectivity index (χ0v) is 26.3. The molecule has 1 saturated carbocycles. The highest BCUT2D eigenvalue weighted by atomic mass is 32.1. The topological polar surface area (TPSA) is 117 Å². The molecule has 0 radical (unpaired) electrons. The lowest BCUT2D eigenvalue weighted by molar-refractivity contribution is -0.122. The second-order valence-corrected chi connectivity index (χ2v) is 12.3. The van der Waals surface area contributed by atoms with Crippen molar-refractivity contribution in [1.82, 2.24) is 15.0 Å². The van der Waals surface area contributed by atoms with Gasteiger partial charge in [-0.1, -0.05) is 73.9 Å². The Labute approximate surface area is 267 Å². The monoisotopic (exact) mass is 627 g/mol. The van der Waals surface area contributed by atoms with Gasteiger partial charge in [0, 0.05) is 18.3 Å². The summed E-state index contributed by atoms with van der Waals surface area (Å²) in [4.78, 5) is 43.3. The van der Waals surface area contributed by atoms with Crippen LogP contribution in [-0.2, 0) is 11.2 Å². The molecule has 5 rings (SSSR count). The number of hydrogen-bond acceptors (Lipinski definition) is 6. The number of nitrogens with zero attached hydrogens (tertiary/aromatic N) is 2. The molecule has 1 fully saturated rings. The minimum Gasteiger partial charge on any atom is -0.395 e. The first kappa shape index (κ1) is 31.8. The Morgan fingerprint density at radius 2 is 1.71 bits per heavy atom. The highest BCUT2D eigenvalue weighted by Crippen LogP contribution is 2.35. The van der Waals surface area contributed by atoms with Gasteiger partial charge in [-0.25, -0.2) is 4.39 Å². The molecule has 1 heterocycles. The molecule has 3 aromatic carbocycles. The molecule has 0 unspecified atom stereocenters. The van der Waals surface area contributed by atoms with E-state index in [1.165, 1.54) is 29.2 Å². The number of aromatic nitrogens is 1. The van der Waals surface area contributed by atoms with Crippen molar-refractivity contribution in [3.8, 4) is 0 Å². The van der Waals surface area contributed by atoms with Crippen LogP contribution >= 0.6 is 11.5 Å². The van der Waals surface area contributed by atoms with Crippen molar-refractivity contribution in [2.24, 2.45) is 0 Å². The standard InChI is InChI=1S/C35H38FN5O3S/c1-22-13-14-23(2)28(21-22)41(35(44)32-29(37)30(40-45-32)33(42)39-27-11-7-4-8-12-27)31(25-15-17-26(36)18-16-25)34(43)38-20-19-24-9-5-3-6-10-24/h3,5-6,9-10,13-18,21,27,31H,4,7-8,11-12,19-20,37H2,1-2H3,(H,38,43)(H,39,42)/t31-/m0/s1. The Bertz CT molecular complexity index is 1650. The summed E-state index contributed by atoms with van der Waals surface area (Å²) in [5.74, 6) is -1.90. The zero-order chi connectivity index (χ0) is 31.9. The van der Waals surface area contributed by atoms with Crippen molar-refractivity contribution in [3.63, 3.8) is 0 Å². The van der Waals surface area contributed by atoms with Gasteiger partial charge in [0.25, 0.3) is 11.8 Å². The van der Waals surface area contributed by atoms with Crippen LogP contribution in [0.2, 0.25) is 0 Å². The molecule has 8 nitrogen and oxygen atoms in total. The van der Waals surface area contributed by atoms with Crippen LogP contribution in [0.25, 0.3) is 0 Å². The number of nitrogens with two attached hydrogens (primary N) is 1. The highest BCUT2D eigenvalue weighted by molar-refractivity contribution is 7.09. The van der Waals surface area contributed by atoms with E-state index in [4.69, 9.17) is 5.73 Å². The molecule has 0 spiro atoms. The lowest BCUT2D eigenvalue weighted by atomic mass is 9.95. The van der Waals surface area contributed by atoms with Crippen LogP contribution in [0.15, 0.2) is 72.8 Å². The van der Waals surface area contributed by atoms with E-state index in [1.807, 2.05) is 62.4 Å². The molecule has 1 aliphatic rings. The van der Waals surface area contributed by atoms with E-state index < -0.39 is 29.6 Å². The number of anilines is 2. The van der Waals surface area contributed by atoms with Crippen LogP contribution in [0.3, 0.4) is 0 Å². The molecule has 4 aromatic rings. The second-order valence-electron chi connectivity index (χ2n) is 11.5. The van der Waals surface area contributed by atoms with Crippen LogP contribution < -0.4 is 21.3 Å². The van der Waals surface area contributed by atoms with E-state index in [0.29, 0.717) is 24.2 Å². The van der Waals surface area contributed by atoms with E-state index in [2.05, 4.69) is 15.0 Å². The number of rotatable bonds is 10. The largest absolute Gasteiger partial charge is 0.395 e. The number of amides is 3. The Kier molecular flexibility index (Phi) is 10.2. The minimum absolute atomic E-state index is 0.000447. The molecule has 4 N–H and O–H groups in total. The summed E-state index contributed by atoms with van der Waals surface area (Å²) in [6, 6.07) is 19.8. The first-order valence-electron chi connectivity index (χ1n) is 15.3. The van der Waals surface area contributed by atoms with Crippen molar-refractivity contribution in [2.75, 3.05) is 17.2 Å². The summed E-state index contributed by atoms with van der Waals surface area (Å²) in [6.07, 6.45) is 5.60. The van der Waals surface area contributed by atoms with Crippen molar-refractivity contribution in [1.29, 1.82) is 0 Å². The lowest BCUT2D eigenvalue weighted by Gasteiger charge is -2.32. The van der Waals surface area contributed by atoms with Crippen LogP contribution in [0, 0.1) is 19.7 Å². The molecule has 10 heteroatoms. The van der Waals surface area contributed by atoms with E-state index in [1.54, 1.807) is 0 Å². The van der Waals surface area contributed by atoms with E-state index >= 15 is 0 Å². The molecule has 0 bridgehead atoms. The summed E-state index contributed by atoms with van der Waals surface area (Å²) >= 11 is 0.831.